The number of H-pyrrole nitrogens is 2. The predicted octanol–water partition coefficient (Wildman–Crippen LogP) is 18.0. The summed E-state index contributed by atoms with van der Waals surface area (Å²) in [4.78, 5) is 15.9. The van der Waals surface area contributed by atoms with Crippen LogP contribution >= 0.6 is 69.0 Å². The third kappa shape index (κ3) is 8.06. The fourth-order valence-electron chi connectivity index (χ4n) is 7.95. The minimum absolute atomic E-state index is 0.0425. The second kappa shape index (κ2) is 17.3. The van der Waals surface area contributed by atoms with Crippen molar-refractivity contribution in [3.8, 4) is 44.5 Å². The number of fused-ring (bicyclic) bond motifs is 8. The van der Waals surface area contributed by atoms with Gasteiger partial charge in [-0.2, -0.15) is 43.9 Å². The number of benzene rings is 4. The predicted molar refractivity (Wildman–Crippen MR) is 258 cm³/mol. The molecule has 2 aliphatic heterocycles. The number of aromatic amines is 2. The number of hydrogen-bond donors (Lipinski definition) is 2. The summed E-state index contributed by atoms with van der Waals surface area (Å²) in [6, 6.07) is 27.9. The van der Waals surface area contributed by atoms with Crippen molar-refractivity contribution in [1.82, 2.24) is 19.9 Å². The Balaban J connectivity index is 1.53. The van der Waals surface area contributed by atoms with E-state index < -0.39 is 72.4 Å². The first-order valence-corrected chi connectivity index (χ1v) is 22.4. The van der Waals surface area contributed by atoms with Gasteiger partial charge in [0.15, 0.2) is 0 Å². The summed E-state index contributed by atoms with van der Waals surface area (Å²) >= 11 is 24.6. The van der Waals surface area contributed by atoms with Crippen LogP contribution in [0, 0.1) is 0 Å². The van der Waals surface area contributed by atoms with E-state index in [1.54, 1.807) is 66.7 Å². The lowest BCUT2D eigenvalue weighted by Gasteiger charge is -2.38. The number of nitrogens with one attached hydrogen (secondary N) is 2. The van der Waals surface area contributed by atoms with Gasteiger partial charge in [0.1, 0.15) is 0 Å². The Bertz CT molecular complexity index is 3370. The zero-order valence-corrected chi connectivity index (χ0v) is 39.0. The lowest BCUT2D eigenvalue weighted by molar-refractivity contribution is -0.389. The molecule has 4 nitrogen and oxygen atoms in total. The molecule has 0 radical (unpaired) electrons. The number of alkyl halides is 11. The van der Waals surface area contributed by atoms with Crippen molar-refractivity contribution in [2.75, 3.05) is 0 Å². The van der Waals surface area contributed by atoms with E-state index in [1.165, 1.54) is 66.7 Å². The molecule has 5 heterocycles. The topological polar surface area (TPSA) is 57.4 Å². The van der Waals surface area contributed by atoms with Gasteiger partial charge < -0.3 is 9.97 Å². The molecule has 346 valence electrons. The van der Waals surface area contributed by atoms with Gasteiger partial charge in [-0.3, -0.25) is 0 Å². The van der Waals surface area contributed by atoms with Gasteiger partial charge in [0, 0.05) is 81.5 Å². The van der Waals surface area contributed by atoms with Crippen molar-refractivity contribution in [3.63, 3.8) is 0 Å². The Morgan fingerprint density at radius 2 is 0.735 bits per heavy atom. The van der Waals surface area contributed by atoms with Crippen molar-refractivity contribution < 1.29 is 43.9 Å². The van der Waals surface area contributed by atoms with Gasteiger partial charge in [-0.25, -0.2) is 9.97 Å². The summed E-state index contributed by atoms with van der Waals surface area (Å²) in [7, 11) is 0. The Kier molecular flexibility index (Phi) is 12.1. The van der Waals surface area contributed by atoms with Crippen molar-refractivity contribution >= 4 is 115 Å². The number of hydrogen-bond acceptors (Lipinski definition) is 2. The molecule has 2 N–H and O–H groups in total. The van der Waals surface area contributed by atoms with Crippen LogP contribution in [0.3, 0.4) is 0 Å². The largest absolute Gasteiger partial charge is 0.387 e. The van der Waals surface area contributed by atoms with Crippen LogP contribution in [0.1, 0.15) is 28.3 Å². The van der Waals surface area contributed by atoms with Crippen LogP contribution in [-0.4, -0.2) is 41.6 Å². The third-order valence-corrected chi connectivity index (χ3v) is 13.0. The highest BCUT2D eigenvalue weighted by molar-refractivity contribution is 14.1. The van der Waals surface area contributed by atoms with Crippen LogP contribution in [-0.2, 0) is 5.92 Å². The molecule has 4 aromatic carbocycles. The molecule has 0 amide bonds. The number of aromatic nitrogens is 4. The summed E-state index contributed by atoms with van der Waals surface area (Å²) in [5, 5.41) is 1.16. The lowest BCUT2D eigenvalue weighted by Crippen LogP contribution is -2.65. The van der Waals surface area contributed by atoms with E-state index in [9.17, 15) is 17.6 Å². The Hall–Kier alpha value is -5.33. The van der Waals surface area contributed by atoms with Crippen LogP contribution < -0.4 is 0 Å². The van der Waals surface area contributed by atoms with Gasteiger partial charge in [-0.05, 0) is 113 Å². The zero-order valence-electron chi connectivity index (χ0n) is 33.8. The van der Waals surface area contributed by atoms with Crippen molar-refractivity contribution in [1.29, 1.82) is 0 Å². The number of nitrogens with zero attached hydrogens (tertiary/aromatic N) is 2. The number of rotatable bonds is 9. The second-order valence-corrected chi connectivity index (χ2v) is 18.6. The summed E-state index contributed by atoms with van der Waals surface area (Å²) in [6.07, 6.45) is 6.29. The van der Waals surface area contributed by atoms with Crippen LogP contribution in [0.4, 0.5) is 43.9 Å². The minimum Gasteiger partial charge on any atom is -0.354 e. The Labute approximate surface area is 412 Å². The van der Waals surface area contributed by atoms with Crippen LogP contribution in [0.25, 0.3) is 90.9 Å². The second-order valence-electron chi connectivity index (χ2n) is 15.5. The standard InChI is InChI=1S/C49H25Cl4F10IN4/c50-28-9-1-24(2-10-28)40-33-17-18-34(65-33)41(25-3-11-29(51)12-4-25)36-21-22-38(67-36)43(27-7-15-31(53)16-8-27)44-32(45(54,55)46(56,57)47(58,59)48(60,61)49(62,63)64)23-39(68-44)42(37-20-19-35(40)66-37)26-5-13-30(52)14-6-26/h1-23,66,68H. The minimum atomic E-state index is -7.36. The van der Waals surface area contributed by atoms with Crippen LogP contribution in [0.15, 0.2) is 115 Å². The van der Waals surface area contributed by atoms with Crippen LogP contribution in [0.2, 0.25) is 20.1 Å². The average molecular weight is 1130 g/mol. The van der Waals surface area contributed by atoms with E-state index in [2.05, 4.69) is 9.97 Å². The van der Waals surface area contributed by atoms with E-state index in [0.717, 1.165) is 0 Å². The molecule has 0 saturated heterocycles. The van der Waals surface area contributed by atoms with E-state index in [-0.39, 0.29) is 43.6 Å². The van der Waals surface area contributed by atoms with Gasteiger partial charge in [0.05, 0.1) is 33.9 Å². The Morgan fingerprint density at radius 1 is 0.382 bits per heavy atom. The molecular formula is C49H25Cl4F10IN4. The SMILES string of the molecule is FC(F)(I)C(F)(F)C(F)(F)C(F)(F)C(F)(F)c1cc2[nH]c1c(-c1ccc(Cl)cc1)c1nc(c(-c3ccc(Cl)cc3)c3nc(c(-c4ccc(Cl)cc4)c4ccc([nH]4)c2-c2ccc(Cl)cc2)C=C3)C=C1. The maximum absolute atomic E-state index is 17.1. The molecule has 0 atom stereocenters. The first-order chi connectivity index (χ1) is 32.0. The lowest BCUT2D eigenvalue weighted by atomic mass is 9.91. The highest BCUT2D eigenvalue weighted by Gasteiger charge is 2.86. The highest BCUT2D eigenvalue weighted by atomic mass is 127. The normalized spacial score (nSPS) is 13.4. The molecule has 9 rings (SSSR count). The Morgan fingerprint density at radius 3 is 1.16 bits per heavy atom. The van der Waals surface area contributed by atoms with Crippen molar-refractivity contribution in [2.45, 2.75) is 27.6 Å². The molecule has 8 bridgehead atoms. The van der Waals surface area contributed by atoms with Crippen LogP contribution in [0.5, 0.6) is 0 Å². The monoisotopic (exact) mass is 1130 g/mol. The van der Waals surface area contributed by atoms with Gasteiger partial charge in [-0.1, -0.05) is 94.9 Å². The van der Waals surface area contributed by atoms with Gasteiger partial charge >= 0.3 is 27.6 Å². The third-order valence-electron chi connectivity index (χ3n) is 11.3. The summed E-state index contributed by atoms with van der Waals surface area (Å²) in [5.74, 6) is -27.9. The summed E-state index contributed by atoms with van der Waals surface area (Å²) in [6.45, 7) is 0. The molecule has 19 heteroatoms. The van der Waals surface area contributed by atoms with Crippen molar-refractivity contribution in [3.05, 3.63) is 164 Å². The molecule has 0 aliphatic carbocycles. The molecule has 68 heavy (non-hydrogen) atoms. The smallest absolute Gasteiger partial charge is 0.354 e. The molecule has 0 spiro atoms. The number of halogens is 15. The van der Waals surface area contributed by atoms with E-state index in [0.29, 0.717) is 55.3 Å². The summed E-state index contributed by atoms with van der Waals surface area (Å²) < 4.78 is 149. The van der Waals surface area contributed by atoms with Gasteiger partial charge in [0.2, 0.25) is 0 Å². The highest BCUT2D eigenvalue weighted by Crippen LogP contribution is 2.62. The molecule has 3 aromatic heterocycles. The molecule has 0 saturated carbocycles. The molecule has 0 unspecified atom stereocenters. The van der Waals surface area contributed by atoms with Gasteiger partial charge in [0.25, 0.3) is 0 Å². The maximum atomic E-state index is 17.1. The summed E-state index contributed by atoms with van der Waals surface area (Å²) in [5.41, 5.74) is -0.562. The van der Waals surface area contributed by atoms with E-state index in [4.69, 9.17) is 56.4 Å². The quantitative estimate of drug-likeness (QED) is 0.0860. The fraction of sp³-hybridized carbons (Fsp3) is 0.102. The molecular weight excluding hydrogens is 1100 g/mol. The maximum Gasteiger partial charge on any atom is 0.387 e. The fourth-order valence-corrected chi connectivity index (χ4v) is 8.80. The molecule has 2 aliphatic rings. The average Bonchev–Trinajstić information content (AvgIpc) is 4.13. The first-order valence-electron chi connectivity index (χ1n) is 19.8. The van der Waals surface area contributed by atoms with E-state index in [1.807, 2.05) is 0 Å². The van der Waals surface area contributed by atoms with Crippen molar-refractivity contribution in [2.24, 2.45) is 0 Å². The molecule has 7 aromatic rings. The zero-order chi connectivity index (χ0) is 48.7. The van der Waals surface area contributed by atoms with E-state index >= 15 is 26.3 Å². The van der Waals surface area contributed by atoms with Gasteiger partial charge in [-0.15, -0.1) is 0 Å². The first kappa shape index (κ1) is 47.7. The molecule has 0 fully saturated rings.